The van der Waals surface area contributed by atoms with Crippen LogP contribution in [0, 0.1) is 20.8 Å². The predicted octanol–water partition coefficient (Wildman–Crippen LogP) is 5.32. The lowest BCUT2D eigenvalue weighted by Crippen LogP contribution is -2.48. The molecule has 0 bridgehead atoms. The maximum absolute atomic E-state index is 13.3. The van der Waals surface area contributed by atoms with Crippen molar-refractivity contribution in [1.29, 1.82) is 0 Å². The first kappa shape index (κ1) is 26.0. The van der Waals surface area contributed by atoms with Gasteiger partial charge in [0.25, 0.3) is 0 Å². The van der Waals surface area contributed by atoms with E-state index in [4.69, 9.17) is 11.6 Å². The van der Waals surface area contributed by atoms with Crippen LogP contribution >= 0.6 is 11.6 Å². The molecule has 0 aromatic heterocycles. The quantitative estimate of drug-likeness (QED) is 0.596. The number of amides is 1. The zero-order valence-corrected chi connectivity index (χ0v) is 20.2. The fraction of sp³-hybridized carbons (Fsp3) is 0.409. The first-order valence-corrected chi connectivity index (χ1v) is 12.0. The summed E-state index contributed by atoms with van der Waals surface area (Å²) in [5.74, 6) is -0.649. The first-order chi connectivity index (χ1) is 14.5. The van der Waals surface area contributed by atoms with Crippen LogP contribution in [0.2, 0.25) is 5.02 Å². The Morgan fingerprint density at radius 2 is 1.59 bits per heavy atom. The van der Waals surface area contributed by atoms with Crippen LogP contribution in [-0.2, 0) is 21.0 Å². The molecule has 0 saturated heterocycles. The summed E-state index contributed by atoms with van der Waals surface area (Å²) in [4.78, 5) is 12.9. The Balaban J connectivity index is 2.40. The lowest BCUT2D eigenvalue weighted by molar-refractivity contribution is -0.137. The molecule has 0 aliphatic carbocycles. The third-order valence-electron chi connectivity index (χ3n) is 5.31. The Hall–Kier alpha value is -2.26. The lowest BCUT2D eigenvalue weighted by atomic mass is 9.96. The maximum Gasteiger partial charge on any atom is 0.417 e. The van der Waals surface area contributed by atoms with Gasteiger partial charge in [-0.25, -0.2) is 8.42 Å². The van der Waals surface area contributed by atoms with Crippen molar-refractivity contribution in [3.8, 4) is 0 Å². The molecule has 2 aromatic rings. The third-order valence-corrected chi connectivity index (χ3v) is 6.88. The van der Waals surface area contributed by atoms with E-state index < -0.39 is 44.8 Å². The molecule has 0 aliphatic rings. The number of carbonyl (C=O) groups excluding carboxylic acids is 1. The van der Waals surface area contributed by atoms with Crippen LogP contribution in [0.1, 0.15) is 47.7 Å². The maximum atomic E-state index is 13.3. The molecule has 0 spiro atoms. The van der Waals surface area contributed by atoms with Crippen LogP contribution < -0.4 is 9.62 Å². The zero-order chi connectivity index (χ0) is 24.6. The summed E-state index contributed by atoms with van der Waals surface area (Å²) in [5, 5.41) is 2.20. The van der Waals surface area contributed by atoms with Gasteiger partial charge in [0.15, 0.2) is 0 Å². The van der Waals surface area contributed by atoms with E-state index in [-0.39, 0.29) is 5.69 Å². The molecule has 0 unspecified atom stereocenters. The Labute approximate surface area is 191 Å². The molecule has 2 atom stereocenters. The molecule has 2 rings (SSSR count). The van der Waals surface area contributed by atoms with E-state index in [0.29, 0.717) is 10.4 Å². The molecular weight excluding hydrogens is 465 g/mol. The minimum absolute atomic E-state index is 0.304. The second-order valence-corrected chi connectivity index (χ2v) is 10.2. The summed E-state index contributed by atoms with van der Waals surface area (Å²) in [6.45, 7) is 8.90. The SMILES string of the molecule is Cc1cc(C)c([C@H](C)NC(=O)[C@@H](C)N(c2ccc(Cl)c(C(F)(F)F)c2)S(C)(=O)=O)cc1C. The average Bonchev–Trinajstić information content (AvgIpc) is 2.63. The molecule has 1 amide bonds. The van der Waals surface area contributed by atoms with Gasteiger partial charge >= 0.3 is 6.18 Å². The zero-order valence-electron chi connectivity index (χ0n) is 18.6. The standard InChI is InChI=1S/C22H26ClF3N2O3S/c1-12-9-14(3)18(10-13(12)2)15(4)27-21(29)16(5)28(32(6,30)31)17-7-8-20(23)19(11-17)22(24,25)26/h7-11,15-16H,1-6H3,(H,27,29)/t15-,16+/m0/s1. The number of benzene rings is 2. The minimum atomic E-state index is -4.78. The van der Waals surface area contributed by atoms with Gasteiger partial charge in [0.1, 0.15) is 6.04 Å². The monoisotopic (exact) mass is 490 g/mol. The number of rotatable bonds is 6. The second-order valence-electron chi connectivity index (χ2n) is 7.92. The number of hydrogen-bond donors (Lipinski definition) is 1. The van der Waals surface area contributed by atoms with Gasteiger partial charge in [-0.15, -0.1) is 0 Å². The number of nitrogens with zero attached hydrogens (tertiary/aromatic N) is 1. The molecule has 5 nitrogen and oxygen atoms in total. The second kappa shape index (κ2) is 9.31. The highest BCUT2D eigenvalue weighted by molar-refractivity contribution is 7.92. The van der Waals surface area contributed by atoms with Crippen LogP contribution in [0.25, 0.3) is 0 Å². The van der Waals surface area contributed by atoms with Crippen molar-refractivity contribution < 1.29 is 26.4 Å². The van der Waals surface area contributed by atoms with Crippen LogP contribution in [-0.4, -0.2) is 26.6 Å². The van der Waals surface area contributed by atoms with Crippen LogP contribution in [0.5, 0.6) is 0 Å². The Morgan fingerprint density at radius 1 is 1.03 bits per heavy atom. The van der Waals surface area contributed by atoms with Gasteiger partial charge in [0, 0.05) is 0 Å². The Bertz CT molecular complexity index is 1130. The summed E-state index contributed by atoms with van der Waals surface area (Å²) in [6, 6.07) is 4.92. The van der Waals surface area contributed by atoms with Crippen LogP contribution in [0.3, 0.4) is 0 Å². The summed E-state index contributed by atoms with van der Waals surface area (Å²) < 4.78 is 65.4. The fourth-order valence-corrected chi connectivity index (χ4v) is 4.93. The molecule has 0 aliphatic heterocycles. The van der Waals surface area contributed by atoms with Crippen LogP contribution in [0.15, 0.2) is 30.3 Å². The number of carbonyl (C=O) groups is 1. The third kappa shape index (κ3) is 5.75. The average molecular weight is 491 g/mol. The van der Waals surface area contributed by atoms with Gasteiger partial charge in [0.05, 0.1) is 28.6 Å². The molecule has 1 N–H and O–H groups in total. The minimum Gasteiger partial charge on any atom is -0.348 e. The molecular formula is C22H26ClF3N2O3S. The summed E-state index contributed by atoms with van der Waals surface area (Å²) >= 11 is 5.65. The predicted molar refractivity (Wildman–Crippen MR) is 120 cm³/mol. The van der Waals surface area contributed by atoms with Crippen molar-refractivity contribution in [2.45, 2.75) is 52.9 Å². The number of halogens is 4. The van der Waals surface area contributed by atoms with Gasteiger partial charge in [-0.1, -0.05) is 23.7 Å². The van der Waals surface area contributed by atoms with Gasteiger partial charge in [-0.2, -0.15) is 13.2 Å². The van der Waals surface area contributed by atoms with E-state index in [9.17, 15) is 26.4 Å². The van der Waals surface area contributed by atoms with E-state index in [0.717, 1.165) is 40.6 Å². The molecule has 0 heterocycles. The lowest BCUT2D eigenvalue weighted by Gasteiger charge is -2.30. The first-order valence-electron chi connectivity index (χ1n) is 9.78. The smallest absolute Gasteiger partial charge is 0.348 e. The number of hydrogen-bond acceptors (Lipinski definition) is 3. The van der Waals surface area contributed by atoms with Crippen molar-refractivity contribution in [1.82, 2.24) is 5.32 Å². The van der Waals surface area contributed by atoms with Crippen molar-refractivity contribution in [3.63, 3.8) is 0 Å². The van der Waals surface area contributed by atoms with E-state index in [2.05, 4.69) is 5.32 Å². The topological polar surface area (TPSA) is 66.5 Å². The number of sulfonamides is 1. The molecule has 0 saturated carbocycles. The highest BCUT2D eigenvalue weighted by Crippen LogP contribution is 2.37. The number of nitrogens with one attached hydrogen (secondary N) is 1. The molecule has 32 heavy (non-hydrogen) atoms. The van der Waals surface area contributed by atoms with Crippen molar-refractivity contribution >= 4 is 33.2 Å². The van der Waals surface area contributed by atoms with E-state index in [1.165, 1.54) is 6.92 Å². The highest BCUT2D eigenvalue weighted by atomic mass is 35.5. The van der Waals surface area contributed by atoms with Crippen molar-refractivity contribution in [2.75, 3.05) is 10.6 Å². The molecule has 10 heteroatoms. The molecule has 2 aromatic carbocycles. The number of alkyl halides is 3. The summed E-state index contributed by atoms with van der Waals surface area (Å²) in [7, 11) is -4.10. The van der Waals surface area contributed by atoms with Crippen molar-refractivity contribution in [3.05, 3.63) is 63.2 Å². The molecule has 0 radical (unpaired) electrons. The van der Waals surface area contributed by atoms with Crippen molar-refractivity contribution in [2.24, 2.45) is 0 Å². The van der Waals surface area contributed by atoms with Gasteiger partial charge in [0.2, 0.25) is 15.9 Å². The Kier molecular flexibility index (Phi) is 7.56. The number of aryl methyl sites for hydroxylation is 3. The van der Waals surface area contributed by atoms with E-state index >= 15 is 0 Å². The normalized spacial score (nSPS) is 14.1. The summed E-state index contributed by atoms with van der Waals surface area (Å²) in [6.07, 6.45) is -3.95. The van der Waals surface area contributed by atoms with Crippen LogP contribution in [0.4, 0.5) is 18.9 Å². The van der Waals surface area contributed by atoms with Gasteiger partial charge in [-0.3, -0.25) is 9.10 Å². The Morgan fingerprint density at radius 3 is 2.12 bits per heavy atom. The van der Waals surface area contributed by atoms with E-state index in [1.54, 1.807) is 6.92 Å². The highest BCUT2D eigenvalue weighted by Gasteiger charge is 2.36. The van der Waals surface area contributed by atoms with Gasteiger partial charge < -0.3 is 5.32 Å². The van der Waals surface area contributed by atoms with Gasteiger partial charge in [-0.05, 0) is 75.1 Å². The summed E-state index contributed by atoms with van der Waals surface area (Å²) in [5.41, 5.74) is 2.48. The fourth-order valence-electron chi connectivity index (χ4n) is 3.54. The largest absolute Gasteiger partial charge is 0.417 e. The molecule has 176 valence electrons. The van der Waals surface area contributed by atoms with E-state index in [1.807, 2.05) is 32.9 Å². The molecule has 0 fully saturated rings. The number of anilines is 1.